The number of carbonyl (C=O) groups is 1. The molecule has 6 heteroatoms. The van der Waals surface area contributed by atoms with Crippen LogP contribution in [0.15, 0.2) is 6.33 Å². The molecule has 18 heavy (non-hydrogen) atoms. The maximum Gasteiger partial charge on any atom is 0.307 e. The minimum Gasteiger partial charge on any atom is -0.469 e. The largest absolute Gasteiger partial charge is 0.469 e. The van der Waals surface area contributed by atoms with Crippen LogP contribution >= 0.6 is 0 Å². The Balaban J connectivity index is 2.78. The Labute approximate surface area is 107 Å². The summed E-state index contributed by atoms with van der Waals surface area (Å²) in [6.07, 6.45) is 1.81. The first-order valence-corrected chi connectivity index (χ1v) is 5.93. The summed E-state index contributed by atoms with van der Waals surface area (Å²) < 4.78 is 4.59. The Hall–Kier alpha value is -1.85. The van der Waals surface area contributed by atoms with E-state index in [0.29, 0.717) is 13.0 Å². The molecule has 0 bridgehead atoms. The van der Waals surface area contributed by atoms with Crippen LogP contribution in [-0.4, -0.2) is 36.6 Å². The van der Waals surface area contributed by atoms with E-state index >= 15 is 0 Å². The number of anilines is 2. The second-order valence-corrected chi connectivity index (χ2v) is 4.14. The molecule has 0 fully saturated rings. The van der Waals surface area contributed by atoms with Gasteiger partial charge in [0.15, 0.2) is 0 Å². The van der Waals surface area contributed by atoms with Gasteiger partial charge in [0.2, 0.25) is 0 Å². The summed E-state index contributed by atoms with van der Waals surface area (Å²) >= 11 is 0. The number of aromatic nitrogens is 2. The Kier molecular flexibility index (Phi) is 5.35. The van der Waals surface area contributed by atoms with Crippen molar-refractivity contribution in [2.45, 2.75) is 26.2 Å². The van der Waals surface area contributed by atoms with E-state index in [9.17, 15) is 4.79 Å². The summed E-state index contributed by atoms with van der Waals surface area (Å²) in [4.78, 5) is 19.4. The third kappa shape index (κ3) is 3.58. The predicted octanol–water partition coefficient (Wildman–Crippen LogP) is 1.62. The molecular formula is C12H20N4O2. The number of rotatable bonds is 6. The molecule has 0 atom stereocenters. The smallest absolute Gasteiger partial charge is 0.307 e. The second-order valence-electron chi connectivity index (χ2n) is 4.14. The molecule has 0 saturated carbocycles. The van der Waals surface area contributed by atoms with Gasteiger partial charge in [-0.25, -0.2) is 9.97 Å². The minimum absolute atomic E-state index is 0.239. The maximum atomic E-state index is 11.0. The highest BCUT2D eigenvalue weighted by Crippen LogP contribution is 2.27. The molecule has 0 unspecified atom stereocenters. The number of methoxy groups -OCH3 is 1. The average molecular weight is 252 g/mol. The summed E-state index contributed by atoms with van der Waals surface area (Å²) in [5.41, 5.74) is 1.02. The van der Waals surface area contributed by atoms with Crippen LogP contribution in [0.25, 0.3) is 0 Å². The number of hydrogen-bond acceptors (Lipinski definition) is 6. The molecule has 1 aromatic rings. The van der Waals surface area contributed by atoms with E-state index in [4.69, 9.17) is 0 Å². The van der Waals surface area contributed by atoms with Crippen LogP contribution in [0.2, 0.25) is 0 Å². The average Bonchev–Trinajstić information content (AvgIpc) is 2.37. The lowest BCUT2D eigenvalue weighted by atomic mass is 10.0. The zero-order valence-corrected chi connectivity index (χ0v) is 11.3. The molecule has 2 N–H and O–H groups in total. The highest BCUT2D eigenvalue weighted by atomic mass is 16.5. The zero-order chi connectivity index (χ0) is 13.5. The van der Waals surface area contributed by atoms with Gasteiger partial charge in [-0.15, -0.1) is 0 Å². The van der Waals surface area contributed by atoms with Gasteiger partial charge in [0, 0.05) is 19.2 Å². The molecule has 0 spiro atoms. The van der Waals surface area contributed by atoms with Crippen molar-refractivity contribution in [1.29, 1.82) is 0 Å². The summed E-state index contributed by atoms with van der Waals surface area (Å²) in [7, 11) is 3.21. The number of nitrogens with one attached hydrogen (secondary N) is 2. The molecule has 0 aromatic carbocycles. The fraction of sp³-hybridized carbons (Fsp3) is 0.583. The van der Waals surface area contributed by atoms with Crippen LogP contribution in [0.4, 0.5) is 11.6 Å². The van der Waals surface area contributed by atoms with E-state index in [1.807, 2.05) is 7.05 Å². The second kappa shape index (κ2) is 6.78. The standard InChI is InChI=1S/C12H20N4O2/c1-8(2)10-11(13-3)15-7-16-12(10)14-6-5-9(17)18-4/h7-8H,5-6H2,1-4H3,(H2,13,14,15,16). The van der Waals surface area contributed by atoms with E-state index in [0.717, 1.165) is 17.2 Å². The van der Waals surface area contributed by atoms with E-state index in [2.05, 4.69) is 39.2 Å². The number of carbonyl (C=O) groups excluding carboxylic acids is 1. The third-order valence-corrected chi connectivity index (χ3v) is 2.55. The van der Waals surface area contributed by atoms with Crippen LogP contribution in [-0.2, 0) is 9.53 Å². The number of nitrogens with zero attached hydrogens (tertiary/aromatic N) is 2. The van der Waals surface area contributed by atoms with E-state index in [1.54, 1.807) is 0 Å². The Morgan fingerprint density at radius 3 is 2.61 bits per heavy atom. The molecule has 1 aromatic heterocycles. The molecule has 1 rings (SSSR count). The first-order chi connectivity index (χ1) is 8.60. The Morgan fingerprint density at radius 1 is 1.39 bits per heavy atom. The fourth-order valence-electron chi connectivity index (χ4n) is 1.67. The highest BCUT2D eigenvalue weighted by molar-refractivity contribution is 5.70. The van der Waals surface area contributed by atoms with Crippen molar-refractivity contribution in [3.63, 3.8) is 0 Å². The van der Waals surface area contributed by atoms with Crippen molar-refractivity contribution in [2.24, 2.45) is 0 Å². The molecule has 1 heterocycles. The predicted molar refractivity (Wildman–Crippen MR) is 70.8 cm³/mol. The quantitative estimate of drug-likeness (QED) is 0.749. The first kappa shape index (κ1) is 14.2. The number of hydrogen-bond donors (Lipinski definition) is 2. The Morgan fingerprint density at radius 2 is 2.06 bits per heavy atom. The number of ether oxygens (including phenoxy) is 1. The van der Waals surface area contributed by atoms with Gasteiger partial charge >= 0.3 is 5.97 Å². The van der Waals surface area contributed by atoms with Crippen LogP contribution in [0.5, 0.6) is 0 Å². The summed E-state index contributed by atoms with van der Waals surface area (Å²) in [5.74, 6) is 1.61. The van der Waals surface area contributed by atoms with Gasteiger partial charge in [-0.1, -0.05) is 13.8 Å². The molecule has 0 amide bonds. The van der Waals surface area contributed by atoms with Crippen molar-refractivity contribution in [1.82, 2.24) is 9.97 Å². The Bertz CT molecular complexity index is 407. The van der Waals surface area contributed by atoms with Crippen LogP contribution < -0.4 is 10.6 Å². The van der Waals surface area contributed by atoms with Crippen LogP contribution in [0.3, 0.4) is 0 Å². The van der Waals surface area contributed by atoms with Crippen molar-refractivity contribution in [2.75, 3.05) is 31.3 Å². The normalized spacial score (nSPS) is 10.3. The van der Waals surface area contributed by atoms with Gasteiger partial charge in [0.05, 0.1) is 13.5 Å². The molecule has 0 radical (unpaired) electrons. The molecular weight excluding hydrogens is 232 g/mol. The van der Waals surface area contributed by atoms with Crippen molar-refractivity contribution in [3.05, 3.63) is 11.9 Å². The topological polar surface area (TPSA) is 76.1 Å². The van der Waals surface area contributed by atoms with Gasteiger partial charge < -0.3 is 15.4 Å². The lowest BCUT2D eigenvalue weighted by Gasteiger charge is -2.16. The van der Waals surface area contributed by atoms with Gasteiger partial charge in [0.1, 0.15) is 18.0 Å². The molecule has 0 aliphatic rings. The minimum atomic E-state index is -0.239. The van der Waals surface area contributed by atoms with Crippen molar-refractivity contribution >= 4 is 17.6 Å². The molecule has 0 aliphatic heterocycles. The monoisotopic (exact) mass is 252 g/mol. The summed E-state index contributed by atoms with van der Waals surface area (Å²) in [6, 6.07) is 0. The lowest BCUT2D eigenvalue weighted by Crippen LogP contribution is -2.13. The van der Waals surface area contributed by atoms with E-state index in [-0.39, 0.29) is 11.9 Å². The highest BCUT2D eigenvalue weighted by Gasteiger charge is 2.14. The van der Waals surface area contributed by atoms with E-state index in [1.165, 1.54) is 13.4 Å². The van der Waals surface area contributed by atoms with Crippen molar-refractivity contribution < 1.29 is 9.53 Å². The summed E-state index contributed by atoms with van der Waals surface area (Å²) in [5, 5.41) is 6.19. The van der Waals surface area contributed by atoms with Crippen molar-refractivity contribution in [3.8, 4) is 0 Å². The fourth-order valence-corrected chi connectivity index (χ4v) is 1.67. The molecule has 0 saturated heterocycles. The molecule has 0 aliphatic carbocycles. The van der Waals surface area contributed by atoms with Gasteiger partial charge in [-0.3, -0.25) is 4.79 Å². The molecule has 100 valence electrons. The van der Waals surface area contributed by atoms with Gasteiger partial charge in [-0.2, -0.15) is 0 Å². The zero-order valence-electron chi connectivity index (χ0n) is 11.3. The van der Waals surface area contributed by atoms with Gasteiger partial charge in [0.25, 0.3) is 0 Å². The van der Waals surface area contributed by atoms with Crippen LogP contribution in [0.1, 0.15) is 31.7 Å². The number of esters is 1. The van der Waals surface area contributed by atoms with Crippen LogP contribution in [0, 0.1) is 0 Å². The SMILES string of the molecule is CNc1ncnc(NCCC(=O)OC)c1C(C)C. The summed E-state index contributed by atoms with van der Waals surface area (Å²) in [6.45, 7) is 4.64. The first-order valence-electron chi connectivity index (χ1n) is 5.93. The van der Waals surface area contributed by atoms with E-state index < -0.39 is 0 Å². The third-order valence-electron chi connectivity index (χ3n) is 2.55. The lowest BCUT2D eigenvalue weighted by molar-refractivity contribution is -0.140. The van der Waals surface area contributed by atoms with Gasteiger partial charge in [-0.05, 0) is 5.92 Å². The maximum absolute atomic E-state index is 11.0. The molecule has 6 nitrogen and oxygen atoms in total.